The number of nitrogens with zero attached hydrogens (tertiary/aromatic N) is 1. The number of methoxy groups -OCH3 is 1. The zero-order chi connectivity index (χ0) is 12.4. The fourth-order valence-electron chi connectivity index (χ4n) is 2.62. The molecule has 1 unspecified atom stereocenters. The molecule has 1 heterocycles. The van der Waals surface area contributed by atoms with Gasteiger partial charge in [0, 0.05) is 25.7 Å². The maximum absolute atomic E-state index is 5.92. The molecule has 17 heavy (non-hydrogen) atoms. The summed E-state index contributed by atoms with van der Waals surface area (Å²) in [6, 6.07) is 6.68. The van der Waals surface area contributed by atoms with Crippen molar-refractivity contribution in [2.75, 3.05) is 20.2 Å². The van der Waals surface area contributed by atoms with Crippen molar-refractivity contribution in [2.45, 2.75) is 26.4 Å². The van der Waals surface area contributed by atoms with Crippen LogP contribution < -0.4 is 10.5 Å². The molecule has 0 aliphatic carbocycles. The van der Waals surface area contributed by atoms with Gasteiger partial charge in [0.2, 0.25) is 0 Å². The van der Waals surface area contributed by atoms with Gasteiger partial charge in [0.25, 0.3) is 0 Å². The van der Waals surface area contributed by atoms with Crippen LogP contribution in [0.1, 0.15) is 31.0 Å². The van der Waals surface area contributed by atoms with E-state index in [0.717, 1.165) is 18.8 Å². The number of hydrogen-bond donors (Lipinski definition) is 1. The van der Waals surface area contributed by atoms with E-state index < -0.39 is 0 Å². The van der Waals surface area contributed by atoms with Crippen molar-refractivity contribution in [3.8, 4) is 5.75 Å². The van der Waals surface area contributed by atoms with Gasteiger partial charge in [-0.2, -0.15) is 0 Å². The second-order valence-corrected chi connectivity index (χ2v) is 5.14. The Hall–Kier alpha value is -1.06. The standard InChI is InChI=1S/C14H22N2O/c1-10(2)8-16-9-11-4-5-12(17-3)6-13(11)14(16)7-15/h4-6,10,14H,7-9,15H2,1-3H3. The normalized spacial score (nSPS) is 19.7. The Balaban J connectivity index is 2.25. The van der Waals surface area contributed by atoms with Crippen molar-refractivity contribution < 1.29 is 4.74 Å². The minimum atomic E-state index is 0.350. The molecule has 0 amide bonds. The molecule has 0 saturated heterocycles. The van der Waals surface area contributed by atoms with Gasteiger partial charge in [0.15, 0.2) is 0 Å². The van der Waals surface area contributed by atoms with Crippen LogP contribution >= 0.6 is 0 Å². The van der Waals surface area contributed by atoms with Crippen LogP contribution in [0.2, 0.25) is 0 Å². The Morgan fingerprint density at radius 2 is 2.24 bits per heavy atom. The zero-order valence-corrected chi connectivity index (χ0v) is 10.9. The fourth-order valence-corrected chi connectivity index (χ4v) is 2.62. The summed E-state index contributed by atoms with van der Waals surface area (Å²) in [5.41, 5.74) is 8.65. The van der Waals surface area contributed by atoms with Gasteiger partial charge in [-0.1, -0.05) is 19.9 Å². The first-order valence-corrected chi connectivity index (χ1v) is 6.26. The Kier molecular flexibility index (Phi) is 3.69. The predicted molar refractivity (Wildman–Crippen MR) is 70.0 cm³/mol. The van der Waals surface area contributed by atoms with Crippen LogP contribution in [-0.4, -0.2) is 25.1 Å². The molecular formula is C14H22N2O. The average Bonchev–Trinajstić information content (AvgIpc) is 2.63. The number of rotatable bonds is 4. The third kappa shape index (κ3) is 2.45. The van der Waals surface area contributed by atoms with Gasteiger partial charge in [-0.05, 0) is 29.2 Å². The Bertz CT molecular complexity index is 390. The smallest absolute Gasteiger partial charge is 0.119 e. The van der Waals surface area contributed by atoms with Gasteiger partial charge >= 0.3 is 0 Å². The summed E-state index contributed by atoms with van der Waals surface area (Å²) < 4.78 is 5.29. The Morgan fingerprint density at radius 1 is 1.47 bits per heavy atom. The highest BCUT2D eigenvalue weighted by molar-refractivity contribution is 5.40. The lowest BCUT2D eigenvalue weighted by Gasteiger charge is -2.25. The number of fused-ring (bicyclic) bond motifs is 1. The largest absolute Gasteiger partial charge is 0.497 e. The summed E-state index contributed by atoms with van der Waals surface area (Å²) in [6.07, 6.45) is 0. The van der Waals surface area contributed by atoms with Gasteiger partial charge in [0.05, 0.1) is 7.11 Å². The van der Waals surface area contributed by atoms with Crippen molar-refractivity contribution in [3.63, 3.8) is 0 Å². The predicted octanol–water partition coefficient (Wildman–Crippen LogP) is 2.17. The van der Waals surface area contributed by atoms with Gasteiger partial charge in [-0.25, -0.2) is 0 Å². The molecule has 2 N–H and O–H groups in total. The number of benzene rings is 1. The third-order valence-electron chi connectivity index (χ3n) is 3.35. The minimum Gasteiger partial charge on any atom is -0.497 e. The number of hydrogen-bond acceptors (Lipinski definition) is 3. The van der Waals surface area contributed by atoms with Gasteiger partial charge in [0.1, 0.15) is 5.75 Å². The lowest BCUT2D eigenvalue weighted by atomic mass is 10.0. The highest BCUT2D eigenvalue weighted by Crippen LogP contribution is 2.35. The second kappa shape index (κ2) is 5.07. The van der Waals surface area contributed by atoms with E-state index in [4.69, 9.17) is 10.5 Å². The molecule has 1 aromatic carbocycles. The SMILES string of the molecule is COc1ccc2c(c1)C(CN)N(CC(C)C)C2. The molecule has 0 radical (unpaired) electrons. The molecule has 1 aromatic rings. The van der Waals surface area contributed by atoms with Crippen LogP contribution in [-0.2, 0) is 6.54 Å². The topological polar surface area (TPSA) is 38.5 Å². The summed E-state index contributed by atoms with van der Waals surface area (Å²) in [4.78, 5) is 2.47. The Labute approximate surface area is 104 Å². The van der Waals surface area contributed by atoms with Crippen LogP contribution in [0.5, 0.6) is 5.75 Å². The van der Waals surface area contributed by atoms with Gasteiger partial charge < -0.3 is 10.5 Å². The molecule has 0 spiro atoms. The van der Waals surface area contributed by atoms with Crippen LogP contribution in [0.4, 0.5) is 0 Å². The van der Waals surface area contributed by atoms with Gasteiger partial charge in [-0.3, -0.25) is 4.90 Å². The van der Waals surface area contributed by atoms with Crippen molar-refractivity contribution in [1.29, 1.82) is 0 Å². The van der Waals surface area contributed by atoms with Crippen molar-refractivity contribution in [1.82, 2.24) is 4.90 Å². The first-order chi connectivity index (χ1) is 8.15. The molecule has 0 saturated carbocycles. The molecule has 3 heteroatoms. The third-order valence-corrected chi connectivity index (χ3v) is 3.35. The molecular weight excluding hydrogens is 212 g/mol. The zero-order valence-electron chi connectivity index (χ0n) is 10.9. The number of nitrogens with two attached hydrogens (primary N) is 1. The van der Waals surface area contributed by atoms with Crippen LogP contribution in [0, 0.1) is 5.92 Å². The van der Waals surface area contributed by atoms with E-state index in [1.54, 1.807) is 7.11 Å². The lowest BCUT2D eigenvalue weighted by Crippen LogP contribution is -2.30. The van der Waals surface area contributed by atoms with E-state index in [1.807, 2.05) is 6.07 Å². The fraction of sp³-hybridized carbons (Fsp3) is 0.571. The molecule has 0 aromatic heterocycles. The maximum Gasteiger partial charge on any atom is 0.119 e. The first-order valence-electron chi connectivity index (χ1n) is 6.26. The molecule has 94 valence electrons. The van der Waals surface area contributed by atoms with Crippen LogP contribution in [0.15, 0.2) is 18.2 Å². The van der Waals surface area contributed by atoms with E-state index in [1.165, 1.54) is 11.1 Å². The summed E-state index contributed by atoms with van der Waals surface area (Å²) in [5.74, 6) is 1.59. The van der Waals surface area contributed by atoms with Crippen LogP contribution in [0.3, 0.4) is 0 Å². The summed E-state index contributed by atoms with van der Waals surface area (Å²) in [5, 5.41) is 0. The molecule has 1 aliphatic rings. The summed E-state index contributed by atoms with van der Waals surface area (Å²) >= 11 is 0. The molecule has 1 aliphatic heterocycles. The Morgan fingerprint density at radius 3 is 2.82 bits per heavy atom. The van der Waals surface area contributed by atoms with E-state index in [2.05, 4.69) is 30.9 Å². The summed E-state index contributed by atoms with van der Waals surface area (Å²) in [6.45, 7) is 7.28. The quantitative estimate of drug-likeness (QED) is 0.867. The van der Waals surface area contributed by atoms with E-state index in [0.29, 0.717) is 18.5 Å². The molecule has 0 bridgehead atoms. The van der Waals surface area contributed by atoms with Crippen molar-refractivity contribution in [2.24, 2.45) is 11.7 Å². The highest BCUT2D eigenvalue weighted by Gasteiger charge is 2.29. The molecule has 0 fully saturated rings. The monoisotopic (exact) mass is 234 g/mol. The lowest BCUT2D eigenvalue weighted by molar-refractivity contribution is 0.195. The number of ether oxygens (including phenoxy) is 1. The van der Waals surface area contributed by atoms with E-state index in [-0.39, 0.29) is 0 Å². The first kappa shape index (κ1) is 12.4. The van der Waals surface area contributed by atoms with Crippen molar-refractivity contribution >= 4 is 0 Å². The average molecular weight is 234 g/mol. The minimum absolute atomic E-state index is 0.350. The highest BCUT2D eigenvalue weighted by atomic mass is 16.5. The molecule has 2 rings (SSSR count). The maximum atomic E-state index is 5.92. The molecule has 1 atom stereocenters. The van der Waals surface area contributed by atoms with E-state index in [9.17, 15) is 0 Å². The van der Waals surface area contributed by atoms with Crippen LogP contribution in [0.25, 0.3) is 0 Å². The second-order valence-electron chi connectivity index (χ2n) is 5.14. The van der Waals surface area contributed by atoms with E-state index >= 15 is 0 Å². The summed E-state index contributed by atoms with van der Waals surface area (Å²) in [7, 11) is 1.71. The van der Waals surface area contributed by atoms with Crippen molar-refractivity contribution in [3.05, 3.63) is 29.3 Å². The van der Waals surface area contributed by atoms with Gasteiger partial charge in [-0.15, -0.1) is 0 Å². The molecule has 3 nitrogen and oxygen atoms in total.